The molecule has 0 aromatic carbocycles. The first-order chi connectivity index (χ1) is 8.02. The topological polar surface area (TPSA) is 74.6 Å². The highest BCUT2D eigenvalue weighted by atomic mass is 32.1. The molecule has 0 aliphatic heterocycles. The number of hydrogen-bond acceptors (Lipinski definition) is 3. The van der Waals surface area contributed by atoms with Crippen LogP contribution in [-0.4, -0.2) is 22.2 Å². The third kappa shape index (κ3) is 2.85. The molecule has 94 valence electrons. The summed E-state index contributed by atoms with van der Waals surface area (Å²) in [6.07, 6.45) is 2.67. The number of carboxylic acids is 2. The lowest BCUT2D eigenvalue weighted by atomic mass is 10.0. The summed E-state index contributed by atoms with van der Waals surface area (Å²) in [5.74, 6) is -2.04. The molecule has 0 fully saturated rings. The molecule has 0 bridgehead atoms. The number of hydrogen-bond donors (Lipinski definition) is 2. The molecule has 0 radical (unpaired) electrons. The molecule has 0 atom stereocenters. The maximum Gasteiger partial charge on any atom is 0.346 e. The molecule has 17 heavy (non-hydrogen) atoms. The summed E-state index contributed by atoms with van der Waals surface area (Å²) in [6.45, 7) is 3.86. The summed E-state index contributed by atoms with van der Waals surface area (Å²) in [5, 5.41) is 18.3. The Hall–Kier alpha value is -1.36. The highest BCUT2D eigenvalue weighted by Gasteiger charge is 2.25. The molecule has 1 aromatic heterocycles. The first-order valence-corrected chi connectivity index (χ1v) is 6.45. The van der Waals surface area contributed by atoms with Crippen LogP contribution in [0.1, 0.15) is 57.2 Å². The Morgan fingerprint density at radius 2 is 1.65 bits per heavy atom. The molecule has 0 spiro atoms. The van der Waals surface area contributed by atoms with Crippen molar-refractivity contribution < 1.29 is 19.8 Å². The Bertz CT molecular complexity index is 434. The standard InChI is InChI=1S/C12H16O4S/c1-3-5-7-9(11(13)14)8(6-4-2)17-10(7)12(15)16/h3-6H2,1-2H3,(H,13,14)(H,15,16). The van der Waals surface area contributed by atoms with Gasteiger partial charge < -0.3 is 10.2 Å². The smallest absolute Gasteiger partial charge is 0.346 e. The Morgan fingerprint density at radius 3 is 2.06 bits per heavy atom. The Morgan fingerprint density at radius 1 is 1.06 bits per heavy atom. The lowest BCUT2D eigenvalue weighted by Gasteiger charge is -2.01. The van der Waals surface area contributed by atoms with Gasteiger partial charge in [-0.1, -0.05) is 26.7 Å². The zero-order valence-electron chi connectivity index (χ0n) is 9.95. The lowest BCUT2D eigenvalue weighted by Crippen LogP contribution is -2.05. The summed E-state index contributed by atoms with van der Waals surface area (Å²) in [5.41, 5.74) is 0.706. The minimum absolute atomic E-state index is 0.188. The zero-order chi connectivity index (χ0) is 13.0. The van der Waals surface area contributed by atoms with E-state index in [-0.39, 0.29) is 10.4 Å². The maximum absolute atomic E-state index is 11.2. The van der Waals surface area contributed by atoms with Gasteiger partial charge in [-0.25, -0.2) is 9.59 Å². The van der Waals surface area contributed by atoms with Gasteiger partial charge in [-0.05, 0) is 18.4 Å². The summed E-state index contributed by atoms with van der Waals surface area (Å²) in [6, 6.07) is 0. The second kappa shape index (κ2) is 5.82. The molecule has 0 amide bonds. The van der Waals surface area contributed by atoms with Crippen molar-refractivity contribution in [3.05, 3.63) is 20.9 Å². The van der Waals surface area contributed by atoms with Crippen molar-refractivity contribution in [3.8, 4) is 0 Å². The molecule has 0 saturated carbocycles. The van der Waals surface area contributed by atoms with Crippen molar-refractivity contribution in [2.45, 2.75) is 39.5 Å². The molecular weight excluding hydrogens is 240 g/mol. The number of aryl methyl sites for hydroxylation is 1. The van der Waals surface area contributed by atoms with Crippen LogP contribution in [0.4, 0.5) is 0 Å². The van der Waals surface area contributed by atoms with Crippen molar-refractivity contribution in [2.75, 3.05) is 0 Å². The van der Waals surface area contributed by atoms with Crippen molar-refractivity contribution in [1.82, 2.24) is 0 Å². The highest BCUT2D eigenvalue weighted by molar-refractivity contribution is 7.14. The third-order valence-corrected chi connectivity index (χ3v) is 3.74. The minimum atomic E-state index is -1.02. The summed E-state index contributed by atoms with van der Waals surface area (Å²) < 4.78 is 0. The van der Waals surface area contributed by atoms with Crippen LogP contribution in [0.3, 0.4) is 0 Å². The van der Waals surface area contributed by atoms with Crippen molar-refractivity contribution in [3.63, 3.8) is 0 Å². The molecule has 0 aliphatic carbocycles. The van der Waals surface area contributed by atoms with Crippen molar-refractivity contribution in [2.24, 2.45) is 0 Å². The zero-order valence-corrected chi connectivity index (χ0v) is 10.8. The molecule has 0 saturated heterocycles. The van der Waals surface area contributed by atoms with E-state index in [1.54, 1.807) is 0 Å². The van der Waals surface area contributed by atoms with Gasteiger partial charge in [0.1, 0.15) is 4.88 Å². The minimum Gasteiger partial charge on any atom is -0.478 e. The van der Waals surface area contributed by atoms with Crippen LogP contribution in [-0.2, 0) is 12.8 Å². The van der Waals surface area contributed by atoms with Crippen LogP contribution in [0.5, 0.6) is 0 Å². The van der Waals surface area contributed by atoms with Crippen molar-refractivity contribution in [1.29, 1.82) is 0 Å². The van der Waals surface area contributed by atoms with Crippen LogP contribution in [0.15, 0.2) is 0 Å². The van der Waals surface area contributed by atoms with Gasteiger partial charge in [0, 0.05) is 4.88 Å². The predicted octanol–water partition coefficient (Wildman–Crippen LogP) is 3.05. The van der Waals surface area contributed by atoms with Gasteiger partial charge in [0.15, 0.2) is 0 Å². The summed E-state index contributed by atoms with van der Waals surface area (Å²) >= 11 is 1.11. The Kier molecular flexibility index (Phi) is 4.69. The molecule has 5 heteroatoms. The second-order valence-corrected chi connectivity index (χ2v) is 4.92. The van der Waals surface area contributed by atoms with E-state index in [0.717, 1.165) is 24.2 Å². The van der Waals surface area contributed by atoms with Gasteiger partial charge in [-0.15, -0.1) is 11.3 Å². The first-order valence-electron chi connectivity index (χ1n) is 5.64. The average Bonchev–Trinajstić information content (AvgIpc) is 2.58. The first kappa shape index (κ1) is 13.7. The van der Waals surface area contributed by atoms with Crippen LogP contribution in [0, 0.1) is 0 Å². The molecule has 1 heterocycles. The van der Waals surface area contributed by atoms with E-state index in [1.807, 2.05) is 13.8 Å². The fourth-order valence-corrected chi connectivity index (χ4v) is 3.11. The third-order valence-electron chi connectivity index (χ3n) is 2.47. The number of rotatable bonds is 6. The molecule has 4 nitrogen and oxygen atoms in total. The van der Waals surface area contributed by atoms with Gasteiger partial charge in [0.2, 0.25) is 0 Å². The molecule has 1 aromatic rings. The van der Waals surface area contributed by atoms with Crippen molar-refractivity contribution >= 4 is 23.3 Å². The van der Waals surface area contributed by atoms with E-state index in [2.05, 4.69) is 0 Å². The number of thiophene rings is 1. The number of aromatic carboxylic acids is 2. The van der Waals surface area contributed by atoms with E-state index in [0.29, 0.717) is 23.3 Å². The largest absolute Gasteiger partial charge is 0.478 e. The van der Waals surface area contributed by atoms with Crippen LogP contribution < -0.4 is 0 Å². The Labute approximate surface area is 104 Å². The summed E-state index contributed by atoms with van der Waals surface area (Å²) in [7, 11) is 0. The van der Waals surface area contributed by atoms with E-state index < -0.39 is 11.9 Å². The van der Waals surface area contributed by atoms with Crippen LogP contribution >= 0.6 is 11.3 Å². The van der Waals surface area contributed by atoms with Gasteiger partial charge >= 0.3 is 11.9 Å². The van der Waals surface area contributed by atoms with E-state index in [4.69, 9.17) is 5.11 Å². The fraction of sp³-hybridized carbons (Fsp3) is 0.500. The predicted molar refractivity (Wildman–Crippen MR) is 66.2 cm³/mol. The normalized spacial score (nSPS) is 10.5. The van der Waals surface area contributed by atoms with E-state index in [1.165, 1.54) is 0 Å². The second-order valence-electron chi connectivity index (χ2n) is 3.82. The quantitative estimate of drug-likeness (QED) is 0.820. The van der Waals surface area contributed by atoms with E-state index >= 15 is 0 Å². The molecular formula is C12H16O4S. The van der Waals surface area contributed by atoms with Gasteiger partial charge in [-0.3, -0.25) is 0 Å². The van der Waals surface area contributed by atoms with Gasteiger partial charge in [0.25, 0.3) is 0 Å². The van der Waals surface area contributed by atoms with Crippen LogP contribution in [0.25, 0.3) is 0 Å². The number of carbonyl (C=O) groups is 2. The number of carboxylic acid groups (broad SMARTS) is 2. The van der Waals surface area contributed by atoms with Crippen LogP contribution in [0.2, 0.25) is 0 Å². The molecule has 1 rings (SSSR count). The highest BCUT2D eigenvalue weighted by Crippen LogP contribution is 2.31. The fourth-order valence-electron chi connectivity index (χ4n) is 1.83. The monoisotopic (exact) mass is 256 g/mol. The average molecular weight is 256 g/mol. The lowest BCUT2D eigenvalue weighted by molar-refractivity contribution is 0.0694. The summed E-state index contributed by atoms with van der Waals surface area (Å²) in [4.78, 5) is 23.2. The van der Waals surface area contributed by atoms with Gasteiger partial charge in [0.05, 0.1) is 5.56 Å². The van der Waals surface area contributed by atoms with E-state index in [9.17, 15) is 14.7 Å². The molecule has 0 aliphatic rings. The Balaban J connectivity index is 3.37. The SMILES string of the molecule is CCCc1sc(C(=O)O)c(CCC)c1C(=O)O. The van der Waals surface area contributed by atoms with Gasteiger partial charge in [-0.2, -0.15) is 0 Å². The maximum atomic E-state index is 11.2. The molecule has 0 unspecified atom stereocenters. The molecule has 2 N–H and O–H groups in total.